The third-order valence-electron chi connectivity index (χ3n) is 2.80. The van der Waals surface area contributed by atoms with Crippen LogP contribution in [-0.2, 0) is 6.42 Å². The number of aromatic nitrogens is 4. The van der Waals surface area contributed by atoms with Crippen molar-refractivity contribution in [2.75, 3.05) is 24.2 Å². The van der Waals surface area contributed by atoms with Crippen LogP contribution < -0.4 is 10.6 Å². The molecule has 3 heterocycles. The van der Waals surface area contributed by atoms with E-state index in [9.17, 15) is 0 Å². The molecule has 3 N–H and O–H groups in total. The Bertz CT molecular complexity index is 722. The normalized spacial score (nSPS) is 10.9. The van der Waals surface area contributed by atoms with E-state index in [1.807, 2.05) is 0 Å². The average Bonchev–Trinajstić information content (AvgIpc) is 3.07. The van der Waals surface area contributed by atoms with Gasteiger partial charge in [0.05, 0.1) is 10.1 Å². The highest BCUT2D eigenvalue weighted by atomic mass is 79.9. The van der Waals surface area contributed by atoms with E-state index in [1.165, 1.54) is 4.88 Å². The number of H-pyrrole nitrogens is 1. The quantitative estimate of drug-likeness (QED) is 0.657. The Morgan fingerprint density at radius 1 is 1.35 bits per heavy atom. The van der Waals surface area contributed by atoms with Crippen LogP contribution in [0.5, 0.6) is 0 Å². The smallest absolute Gasteiger partial charge is 0.226 e. The second-order valence-electron chi connectivity index (χ2n) is 4.13. The van der Waals surface area contributed by atoms with Gasteiger partial charge in [-0.25, -0.2) is 4.98 Å². The molecule has 0 amide bonds. The highest BCUT2D eigenvalue weighted by Crippen LogP contribution is 2.23. The van der Waals surface area contributed by atoms with Gasteiger partial charge in [0.2, 0.25) is 5.95 Å². The van der Waals surface area contributed by atoms with E-state index in [4.69, 9.17) is 0 Å². The van der Waals surface area contributed by atoms with E-state index < -0.39 is 0 Å². The first-order valence-electron chi connectivity index (χ1n) is 6.13. The van der Waals surface area contributed by atoms with Crippen LogP contribution in [0.3, 0.4) is 0 Å². The van der Waals surface area contributed by atoms with Crippen molar-refractivity contribution in [2.24, 2.45) is 0 Å². The zero-order chi connectivity index (χ0) is 13.9. The molecule has 0 aliphatic heterocycles. The second-order valence-corrected chi connectivity index (χ2v) is 6.68. The number of hydrogen-bond acceptors (Lipinski definition) is 6. The zero-order valence-electron chi connectivity index (χ0n) is 10.8. The fourth-order valence-corrected chi connectivity index (χ4v) is 3.35. The Hall–Kier alpha value is -1.67. The topological polar surface area (TPSA) is 78.5 Å². The number of halogens is 1. The van der Waals surface area contributed by atoms with Crippen molar-refractivity contribution in [2.45, 2.75) is 6.42 Å². The van der Waals surface area contributed by atoms with Crippen LogP contribution in [0.1, 0.15) is 4.88 Å². The maximum Gasteiger partial charge on any atom is 0.226 e. The molecule has 0 unspecified atom stereocenters. The molecule has 0 saturated heterocycles. The van der Waals surface area contributed by atoms with E-state index in [1.54, 1.807) is 24.7 Å². The number of hydrogen-bond donors (Lipinski definition) is 3. The van der Waals surface area contributed by atoms with Gasteiger partial charge in [0.1, 0.15) is 5.52 Å². The summed E-state index contributed by atoms with van der Waals surface area (Å²) in [5.41, 5.74) is 1.49. The number of thiophene rings is 1. The molecule has 3 aromatic rings. The molecule has 0 bridgehead atoms. The predicted octanol–water partition coefficient (Wildman–Crippen LogP) is 2.87. The van der Waals surface area contributed by atoms with Crippen molar-refractivity contribution < 1.29 is 0 Å². The largest absolute Gasteiger partial charge is 0.368 e. The highest BCUT2D eigenvalue weighted by molar-refractivity contribution is 9.11. The maximum atomic E-state index is 4.42. The summed E-state index contributed by atoms with van der Waals surface area (Å²) in [6.45, 7) is 0.807. The Morgan fingerprint density at radius 3 is 3.00 bits per heavy atom. The van der Waals surface area contributed by atoms with Gasteiger partial charge in [-0.05, 0) is 34.5 Å². The number of nitrogens with one attached hydrogen (secondary N) is 3. The number of rotatable bonds is 5. The molecule has 3 aromatic heterocycles. The molecule has 0 aliphatic rings. The van der Waals surface area contributed by atoms with Crippen LogP contribution in [0.4, 0.5) is 11.8 Å². The van der Waals surface area contributed by atoms with Gasteiger partial charge in [0.25, 0.3) is 0 Å². The first-order chi connectivity index (χ1) is 9.76. The molecule has 0 saturated carbocycles. The fraction of sp³-hybridized carbons (Fsp3) is 0.250. The minimum Gasteiger partial charge on any atom is -0.368 e. The standard InChI is InChI=1S/C12H13BrN6S/c1-14-12-18-10(9-11(19-12)17-6-16-9)15-5-4-7-2-3-8(13)20-7/h2-3,6H,4-5H2,1H3,(H3,14,15,16,17,18,19). The van der Waals surface area contributed by atoms with Crippen LogP contribution in [0.25, 0.3) is 11.2 Å². The van der Waals surface area contributed by atoms with Gasteiger partial charge < -0.3 is 15.6 Å². The second kappa shape index (κ2) is 5.76. The summed E-state index contributed by atoms with van der Waals surface area (Å²) in [4.78, 5) is 17.2. The molecule has 8 heteroatoms. The Balaban J connectivity index is 1.74. The number of nitrogens with zero attached hydrogens (tertiary/aromatic N) is 3. The molecule has 0 spiro atoms. The molecule has 20 heavy (non-hydrogen) atoms. The number of aromatic amines is 1. The van der Waals surface area contributed by atoms with Crippen LogP contribution in [0.15, 0.2) is 22.2 Å². The van der Waals surface area contributed by atoms with Crippen molar-refractivity contribution >= 4 is 50.2 Å². The lowest BCUT2D eigenvalue weighted by atomic mass is 10.3. The molecule has 3 rings (SSSR count). The summed E-state index contributed by atoms with van der Waals surface area (Å²) in [7, 11) is 1.79. The van der Waals surface area contributed by atoms with Crippen LogP contribution >= 0.6 is 27.3 Å². The predicted molar refractivity (Wildman–Crippen MR) is 85.4 cm³/mol. The summed E-state index contributed by atoms with van der Waals surface area (Å²) in [5, 5.41) is 6.28. The molecule has 104 valence electrons. The first kappa shape index (κ1) is 13.3. The summed E-state index contributed by atoms with van der Waals surface area (Å²) in [6, 6.07) is 4.19. The van der Waals surface area contributed by atoms with Crippen molar-refractivity contribution in [3.63, 3.8) is 0 Å². The van der Waals surface area contributed by atoms with Gasteiger partial charge in [-0.2, -0.15) is 9.97 Å². The number of anilines is 2. The van der Waals surface area contributed by atoms with Gasteiger partial charge in [-0.1, -0.05) is 0 Å². The third kappa shape index (κ3) is 2.75. The molecular formula is C12H13BrN6S. The van der Waals surface area contributed by atoms with Crippen molar-refractivity contribution in [3.8, 4) is 0 Å². The Kier molecular flexibility index (Phi) is 3.83. The van der Waals surface area contributed by atoms with Crippen LogP contribution in [-0.4, -0.2) is 33.5 Å². The Morgan fingerprint density at radius 2 is 2.25 bits per heavy atom. The van der Waals surface area contributed by atoms with Crippen LogP contribution in [0, 0.1) is 0 Å². The molecule has 0 aromatic carbocycles. The van der Waals surface area contributed by atoms with E-state index in [0.29, 0.717) is 11.6 Å². The zero-order valence-corrected chi connectivity index (χ0v) is 13.2. The highest BCUT2D eigenvalue weighted by Gasteiger charge is 2.08. The van der Waals surface area contributed by atoms with E-state index in [2.05, 4.69) is 58.6 Å². The van der Waals surface area contributed by atoms with Gasteiger partial charge in [-0.15, -0.1) is 11.3 Å². The van der Waals surface area contributed by atoms with Gasteiger partial charge in [-0.3, -0.25) is 0 Å². The molecule has 0 fully saturated rings. The Labute approximate surface area is 128 Å². The lowest BCUT2D eigenvalue weighted by Gasteiger charge is -2.07. The van der Waals surface area contributed by atoms with Gasteiger partial charge >= 0.3 is 0 Å². The monoisotopic (exact) mass is 352 g/mol. The third-order valence-corrected chi connectivity index (χ3v) is 4.49. The maximum absolute atomic E-state index is 4.42. The number of fused-ring (bicyclic) bond motifs is 1. The molecule has 0 radical (unpaired) electrons. The fourth-order valence-electron chi connectivity index (χ4n) is 1.86. The first-order valence-corrected chi connectivity index (χ1v) is 7.74. The van der Waals surface area contributed by atoms with E-state index in [0.717, 1.165) is 28.1 Å². The molecule has 0 atom stereocenters. The van der Waals surface area contributed by atoms with Crippen molar-refractivity contribution in [1.29, 1.82) is 0 Å². The van der Waals surface area contributed by atoms with Crippen molar-refractivity contribution in [1.82, 2.24) is 19.9 Å². The lowest BCUT2D eigenvalue weighted by molar-refractivity contribution is 1.02. The minimum absolute atomic E-state index is 0.561. The van der Waals surface area contributed by atoms with E-state index in [-0.39, 0.29) is 0 Å². The van der Waals surface area contributed by atoms with Gasteiger partial charge in [0, 0.05) is 18.5 Å². The van der Waals surface area contributed by atoms with Crippen LogP contribution in [0.2, 0.25) is 0 Å². The molecule has 6 nitrogen and oxygen atoms in total. The minimum atomic E-state index is 0.561. The summed E-state index contributed by atoms with van der Waals surface area (Å²) >= 11 is 5.22. The lowest BCUT2D eigenvalue weighted by Crippen LogP contribution is -2.08. The SMILES string of the molecule is CNc1nc(NCCc2ccc(Br)s2)c2[nH]cnc2n1. The molecular weight excluding hydrogens is 340 g/mol. The summed E-state index contributed by atoms with van der Waals surface area (Å²) in [5.74, 6) is 1.33. The summed E-state index contributed by atoms with van der Waals surface area (Å²) in [6.07, 6.45) is 2.57. The number of imidazole rings is 1. The van der Waals surface area contributed by atoms with E-state index >= 15 is 0 Å². The van der Waals surface area contributed by atoms with Crippen molar-refractivity contribution in [3.05, 3.63) is 27.1 Å². The summed E-state index contributed by atoms with van der Waals surface area (Å²) < 4.78 is 1.16. The molecule has 0 aliphatic carbocycles. The average molecular weight is 353 g/mol. The van der Waals surface area contributed by atoms with Gasteiger partial charge in [0.15, 0.2) is 11.5 Å².